The van der Waals surface area contributed by atoms with E-state index in [1.165, 1.54) is 0 Å². The molecule has 2 fully saturated rings. The van der Waals surface area contributed by atoms with Crippen LogP contribution in [-0.2, 0) is 11.3 Å². The second kappa shape index (κ2) is 5.84. The van der Waals surface area contributed by atoms with Crippen molar-refractivity contribution < 1.29 is 9.47 Å². The third-order valence-electron chi connectivity index (χ3n) is 5.80. The number of fused-ring (bicyclic) bond motifs is 3. The molecule has 0 radical (unpaired) electrons. The molecule has 0 atom stereocenters. The van der Waals surface area contributed by atoms with Crippen molar-refractivity contribution >= 4 is 17.0 Å². The van der Waals surface area contributed by atoms with Gasteiger partial charge in [-0.3, -0.25) is 4.57 Å². The molecule has 1 saturated carbocycles. The Bertz CT molecular complexity index is 1050. The zero-order valence-corrected chi connectivity index (χ0v) is 15.8. The van der Waals surface area contributed by atoms with Gasteiger partial charge in [0.15, 0.2) is 22.8 Å². The Hall–Kier alpha value is -2.81. The van der Waals surface area contributed by atoms with Gasteiger partial charge in [0.1, 0.15) is 11.4 Å². The third-order valence-corrected chi connectivity index (χ3v) is 5.80. The van der Waals surface area contributed by atoms with Gasteiger partial charge < -0.3 is 14.4 Å². The fourth-order valence-electron chi connectivity index (χ4n) is 3.93. The summed E-state index contributed by atoms with van der Waals surface area (Å²) in [6, 6.07) is 0.667. The summed E-state index contributed by atoms with van der Waals surface area (Å²) >= 11 is 0. The highest BCUT2D eigenvalue weighted by atomic mass is 16.5. The summed E-state index contributed by atoms with van der Waals surface area (Å²) < 4.78 is 13.8. The molecule has 0 bridgehead atoms. The molecule has 0 amide bonds. The molecule has 9 heteroatoms. The van der Waals surface area contributed by atoms with E-state index in [1.807, 2.05) is 6.92 Å². The Morgan fingerprint density at radius 2 is 1.75 bits per heavy atom. The summed E-state index contributed by atoms with van der Waals surface area (Å²) in [5.41, 5.74) is 2.43. The van der Waals surface area contributed by atoms with Gasteiger partial charge in [-0.15, -0.1) is 0 Å². The van der Waals surface area contributed by atoms with Crippen LogP contribution in [0.15, 0.2) is 12.4 Å². The third kappa shape index (κ3) is 2.53. The quantitative estimate of drug-likeness (QED) is 0.665. The molecule has 0 unspecified atom stereocenters. The minimum atomic E-state index is 0.0115. The lowest BCUT2D eigenvalue weighted by molar-refractivity contribution is 0.112. The van der Waals surface area contributed by atoms with E-state index in [4.69, 9.17) is 24.4 Å². The normalized spacial score (nSPS) is 20.2. The average molecular weight is 379 g/mol. The van der Waals surface area contributed by atoms with E-state index in [0.717, 1.165) is 67.3 Å². The van der Waals surface area contributed by atoms with Crippen molar-refractivity contribution in [2.45, 2.75) is 38.3 Å². The van der Waals surface area contributed by atoms with Gasteiger partial charge in [0.05, 0.1) is 18.8 Å². The van der Waals surface area contributed by atoms with Crippen LogP contribution < -0.4 is 9.64 Å². The Morgan fingerprint density at radius 3 is 2.50 bits per heavy atom. The molecule has 3 aliphatic rings. The second-order valence-electron chi connectivity index (χ2n) is 7.74. The SMILES string of the molecule is Cc1ncc(-c2nc(N3CCOCC3)c3nc4n(c3n2)CCC2(CC2)O4)cn1. The molecular weight excluding hydrogens is 358 g/mol. The van der Waals surface area contributed by atoms with Crippen molar-refractivity contribution in [2.24, 2.45) is 0 Å². The molecule has 1 aliphatic carbocycles. The molecule has 28 heavy (non-hydrogen) atoms. The average Bonchev–Trinajstić information content (AvgIpc) is 3.37. The number of aryl methyl sites for hydroxylation is 2. The summed E-state index contributed by atoms with van der Waals surface area (Å²) in [4.78, 5) is 25.4. The van der Waals surface area contributed by atoms with E-state index in [1.54, 1.807) is 12.4 Å². The van der Waals surface area contributed by atoms with Crippen LogP contribution in [0.2, 0.25) is 0 Å². The van der Waals surface area contributed by atoms with Gasteiger partial charge >= 0.3 is 0 Å². The number of imidazole rings is 1. The number of hydrogen-bond donors (Lipinski definition) is 0. The Labute approximate surface area is 161 Å². The van der Waals surface area contributed by atoms with Gasteiger partial charge in [0.2, 0.25) is 0 Å². The molecule has 1 spiro atoms. The molecule has 2 aliphatic heterocycles. The monoisotopic (exact) mass is 379 g/mol. The number of hydrogen-bond acceptors (Lipinski definition) is 8. The van der Waals surface area contributed by atoms with Crippen LogP contribution in [0.5, 0.6) is 6.01 Å². The lowest BCUT2D eigenvalue weighted by Gasteiger charge is -2.28. The van der Waals surface area contributed by atoms with E-state index in [0.29, 0.717) is 25.0 Å². The number of rotatable bonds is 2. The number of nitrogens with zero attached hydrogens (tertiary/aromatic N) is 7. The van der Waals surface area contributed by atoms with Crippen molar-refractivity contribution in [2.75, 3.05) is 31.2 Å². The van der Waals surface area contributed by atoms with Gasteiger partial charge in [-0.05, 0) is 19.8 Å². The van der Waals surface area contributed by atoms with Crippen LogP contribution >= 0.6 is 0 Å². The first-order chi connectivity index (χ1) is 13.7. The van der Waals surface area contributed by atoms with Crippen LogP contribution in [0.1, 0.15) is 25.1 Å². The first-order valence-electron chi connectivity index (χ1n) is 9.80. The van der Waals surface area contributed by atoms with Crippen molar-refractivity contribution in [3.05, 3.63) is 18.2 Å². The molecule has 5 heterocycles. The van der Waals surface area contributed by atoms with E-state index >= 15 is 0 Å². The van der Waals surface area contributed by atoms with Crippen molar-refractivity contribution in [3.63, 3.8) is 0 Å². The standard InChI is InChI=1S/C19H21N7O2/c1-12-20-10-13(11-21-12)15-23-16(25-6-8-27-9-7-25)14-17(24-15)26-5-4-19(2-3-19)28-18(26)22-14/h10-11H,2-9H2,1H3. The van der Waals surface area contributed by atoms with Crippen molar-refractivity contribution in [3.8, 4) is 17.4 Å². The lowest BCUT2D eigenvalue weighted by atomic mass is 10.2. The lowest BCUT2D eigenvalue weighted by Crippen LogP contribution is -2.37. The van der Waals surface area contributed by atoms with Gasteiger partial charge in [-0.2, -0.15) is 4.98 Å². The topological polar surface area (TPSA) is 91.1 Å². The molecule has 6 rings (SSSR count). The summed E-state index contributed by atoms with van der Waals surface area (Å²) in [6.07, 6.45) is 6.78. The molecule has 3 aromatic heterocycles. The van der Waals surface area contributed by atoms with E-state index < -0.39 is 0 Å². The Balaban J connectivity index is 1.54. The second-order valence-corrected chi connectivity index (χ2v) is 7.74. The van der Waals surface area contributed by atoms with E-state index in [9.17, 15) is 0 Å². The Kier molecular flexibility index (Phi) is 3.37. The maximum Gasteiger partial charge on any atom is 0.299 e. The van der Waals surface area contributed by atoms with Gasteiger partial charge in [-0.1, -0.05) is 0 Å². The fraction of sp³-hybridized carbons (Fsp3) is 0.526. The number of morpholine rings is 1. The highest BCUT2D eigenvalue weighted by Gasteiger charge is 2.48. The fourth-order valence-corrected chi connectivity index (χ4v) is 3.93. The highest BCUT2D eigenvalue weighted by molar-refractivity contribution is 5.87. The van der Waals surface area contributed by atoms with Crippen LogP contribution in [0.25, 0.3) is 22.6 Å². The van der Waals surface area contributed by atoms with Crippen LogP contribution in [-0.4, -0.2) is 61.4 Å². The van der Waals surface area contributed by atoms with Gasteiger partial charge in [0.25, 0.3) is 6.01 Å². The number of anilines is 1. The molecule has 0 N–H and O–H groups in total. The minimum absolute atomic E-state index is 0.0115. The molecule has 0 aromatic carbocycles. The summed E-state index contributed by atoms with van der Waals surface area (Å²) in [5, 5.41) is 0. The van der Waals surface area contributed by atoms with Crippen LogP contribution in [0, 0.1) is 6.92 Å². The maximum absolute atomic E-state index is 6.24. The van der Waals surface area contributed by atoms with Crippen LogP contribution in [0.3, 0.4) is 0 Å². The summed E-state index contributed by atoms with van der Waals surface area (Å²) in [6.45, 7) is 5.66. The van der Waals surface area contributed by atoms with Crippen molar-refractivity contribution in [1.29, 1.82) is 0 Å². The summed E-state index contributed by atoms with van der Waals surface area (Å²) in [5.74, 6) is 2.17. The predicted molar refractivity (Wildman–Crippen MR) is 101 cm³/mol. The first-order valence-corrected chi connectivity index (χ1v) is 9.80. The van der Waals surface area contributed by atoms with Crippen molar-refractivity contribution in [1.82, 2.24) is 29.5 Å². The Morgan fingerprint density at radius 1 is 0.964 bits per heavy atom. The molecule has 1 saturated heterocycles. The van der Waals surface area contributed by atoms with E-state index in [-0.39, 0.29) is 5.60 Å². The minimum Gasteiger partial charge on any atom is -0.458 e. The smallest absolute Gasteiger partial charge is 0.299 e. The zero-order chi connectivity index (χ0) is 18.7. The summed E-state index contributed by atoms with van der Waals surface area (Å²) in [7, 11) is 0. The van der Waals surface area contributed by atoms with Gasteiger partial charge in [-0.25, -0.2) is 19.9 Å². The zero-order valence-electron chi connectivity index (χ0n) is 15.8. The highest BCUT2D eigenvalue weighted by Crippen LogP contribution is 2.47. The number of aromatic nitrogens is 6. The first kappa shape index (κ1) is 16.2. The molecule has 3 aromatic rings. The molecular formula is C19H21N7O2. The molecule has 9 nitrogen and oxygen atoms in total. The largest absolute Gasteiger partial charge is 0.458 e. The number of ether oxygens (including phenoxy) is 2. The predicted octanol–water partition coefficient (Wildman–Crippen LogP) is 1.74. The molecule has 144 valence electrons. The van der Waals surface area contributed by atoms with E-state index in [2.05, 4.69) is 19.4 Å². The maximum atomic E-state index is 6.24. The van der Waals surface area contributed by atoms with Crippen LogP contribution in [0.4, 0.5) is 5.82 Å². The van der Waals surface area contributed by atoms with Gasteiger partial charge in [0, 0.05) is 38.4 Å².